The first-order chi connectivity index (χ1) is 10.9. The fourth-order valence-electron chi connectivity index (χ4n) is 2.41. The average Bonchev–Trinajstić information content (AvgIpc) is 2.86. The van der Waals surface area contributed by atoms with E-state index in [4.69, 9.17) is 12.2 Å². The van der Waals surface area contributed by atoms with Gasteiger partial charge in [-0.15, -0.1) is 6.58 Å². The van der Waals surface area contributed by atoms with Crippen LogP contribution in [0, 0.1) is 17.6 Å². The summed E-state index contributed by atoms with van der Waals surface area (Å²) in [5, 5.41) is 10.2. The lowest BCUT2D eigenvalue weighted by Gasteiger charge is -2.22. The molecule has 0 spiro atoms. The Hall–Kier alpha value is -2.21. The van der Waals surface area contributed by atoms with Crippen molar-refractivity contribution in [3.8, 4) is 0 Å². The van der Waals surface area contributed by atoms with E-state index in [0.29, 0.717) is 22.7 Å². The quantitative estimate of drug-likeness (QED) is 0.629. The Labute approximate surface area is 141 Å². The van der Waals surface area contributed by atoms with Crippen LogP contribution in [0.2, 0.25) is 0 Å². The number of benzene rings is 1. The predicted molar refractivity (Wildman–Crippen MR) is 93.8 cm³/mol. The van der Waals surface area contributed by atoms with E-state index in [2.05, 4.69) is 22.1 Å². The number of H-pyrrole nitrogens is 1. The molecule has 0 saturated heterocycles. The van der Waals surface area contributed by atoms with Gasteiger partial charge in [-0.05, 0) is 37.2 Å². The van der Waals surface area contributed by atoms with E-state index in [1.54, 1.807) is 12.1 Å². The van der Waals surface area contributed by atoms with E-state index in [0.717, 1.165) is 5.56 Å². The fraction of sp³-hybridized carbons (Fsp3) is 0.353. The van der Waals surface area contributed by atoms with Crippen LogP contribution in [0.3, 0.4) is 0 Å². The van der Waals surface area contributed by atoms with Crippen molar-refractivity contribution in [2.24, 2.45) is 5.92 Å². The maximum atomic E-state index is 12.6. The van der Waals surface area contributed by atoms with E-state index < -0.39 is 0 Å². The SMILES string of the molecule is C=CCn1c([C@H](NC(=O)c2cccc(C)c2)C(C)C)n[nH]c1=S. The van der Waals surface area contributed by atoms with Gasteiger partial charge < -0.3 is 5.32 Å². The zero-order valence-electron chi connectivity index (χ0n) is 13.7. The Kier molecular flexibility index (Phi) is 5.50. The minimum atomic E-state index is -0.240. The Balaban J connectivity index is 2.31. The smallest absolute Gasteiger partial charge is 0.251 e. The normalized spacial score (nSPS) is 12.2. The van der Waals surface area contributed by atoms with E-state index in [1.165, 1.54) is 0 Å². The van der Waals surface area contributed by atoms with Gasteiger partial charge in [-0.1, -0.05) is 37.6 Å². The van der Waals surface area contributed by atoms with Crippen molar-refractivity contribution in [2.75, 3.05) is 0 Å². The van der Waals surface area contributed by atoms with Crippen molar-refractivity contribution in [3.05, 3.63) is 58.6 Å². The van der Waals surface area contributed by atoms with Crippen LogP contribution >= 0.6 is 12.2 Å². The highest BCUT2D eigenvalue weighted by atomic mass is 32.1. The molecule has 0 aliphatic carbocycles. The van der Waals surface area contributed by atoms with E-state index >= 15 is 0 Å². The lowest BCUT2D eigenvalue weighted by atomic mass is 10.0. The van der Waals surface area contributed by atoms with Crippen molar-refractivity contribution in [1.29, 1.82) is 0 Å². The van der Waals surface area contributed by atoms with Crippen LogP contribution in [0.15, 0.2) is 36.9 Å². The summed E-state index contributed by atoms with van der Waals surface area (Å²) in [4.78, 5) is 12.6. The molecule has 1 aromatic heterocycles. The molecule has 2 aromatic rings. The highest BCUT2D eigenvalue weighted by Gasteiger charge is 2.24. The lowest BCUT2D eigenvalue weighted by Crippen LogP contribution is -2.33. The van der Waals surface area contributed by atoms with Gasteiger partial charge in [0.15, 0.2) is 10.6 Å². The fourth-order valence-corrected chi connectivity index (χ4v) is 2.63. The van der Waals surface area contributed by atoms with E-state index in [9.17, 15) is 4.79 Å². The van der Waals surface area contributed by atoms with Gasteiger partial charge in [0.1, 0.15) is 0 Å². The maximum absolute atomic E-state index is 12.6. The van der Waals surface area contributed by atoms with Crippen LogP contribution in [0.1, 0.15) is 41.6 Å². The van der Waals surface area contributed by atoms with Gasteiger partial charge in [-0.2, -0.15) is 5.10 Å². The summed E-state index contributed by atoms with van der Waals surface area (Å²) in [5.74, 6) is 0.759. The molecule has 122 valence electrons. The molecule has 0 aliphatic heterocycles. The first kappa shape index (κ1) is 17.1. The number of rotatable bonds is 6. The third-order valence-corrected chi connectivity index (χ3v) is 3.92. The largest absolute Gasteiger partial charge is 0.342 e. The van der Waals surface area contributed by atoms with Gasteiger partial charge in [0.25, 0.3) is 5.91 Å². The van der Waals surface area contributed by atoms with Crippen molar-refractivity contribution in [2.45, 2.75) is 33.4 Å². The minimum absolute atomic E-state index is 0.119. The molecular formula is C17H22N4OS. The first-order valence-corrected chi connectivity index (χ1v) is 7.98. The van der Waals surface area contributed by atoms with Crippen LogP contribution in [0.4, 0.5) is 0 Å². The Bertz CT molecular complexity index is 760. The number of aromatic amines is 1. The van der Waals surface area contributed by atoms with Gasteiger partial charge in [0.05, 0.1) is 6.04 Å². The van der Waals surface area contributed by atoms with Crippen LogP contribution in [-0.2, 0) is 6.54 Å². The molecular weight excluding hydrogens is 308 g/mol. The number of carbonyl (C=O) groups is 1. The van der Waals surface area contributed by atoms with E-state index in [-0.39, 0.29) is 17.9 Å². The van der Waals surface area contributed by atoms with Crippen LogP contribution in [0.5, 0.6) is 0 Å². The molecule has 0 radical (unpaired) electrons. The zero-order chi connectivity index (χ0) is 17.0. The molecule has 0 saturated carbocycles. The van der Waals surface area contributed by atoms with Gasteiger partial charge in [0.2, 0.25) is 0 Å². The number of hydrogen-bond donors (Lipinski definition) is 2. The Morgan fingerprint density at radius 3 is 2.87 bits per heavy atom. The van der Waals surface area contributed by atoms with Crippen LogP contribution in [0.25, 0.3) is 0 Å². The Morgan fingerprint density at radius 2 is 2.26 bits per heavy atom. The summed E-state index contributed by atoms with van der Waals surface area (Å²) in [6.45, 7) is 10.3. The van der Waals surface area contributed by atoms with Gasteiger partial charge in [-0.3, -0.25) is 14.5 Å². The number of aromatic nitrogens is 3. The van der Waals surface area contributed by atoms with Crippen LogP contribution in [-0.4, -0.2) is 20.7 Å². The lowest BCUT2D eigenvalue weighted by molar-refractivity contribution is 0.0922. The molecule has 0 aliphatic rings. The monoisotopic (exact) mass is 330 g/mol. The number of aryl methyl sites for hydroxylation is 1. The number of hydrogen-bond acceptors (Lipinski definition) is 3. The second-order valence-corrected chi connectivity index (χ2v) is 6.24. The standard InChI is InChI=1S/C17H22N4OS/c1-5-9-21-15(19-20-17(21)23)14(11(2)3)18-16(22)13-8-6-7-12(4)10-13/h5-8,10-11,14H,1,9H2,2-4H3,(H,18,22)(H,20,23)/t14-/m1/s1. The molecule has 6 heteroatoms. The summed E-state index contributed by atoms with van der Waals surface area (Å²) < 4.78 is 2.37. The topological polar surface area (TPSA) is 62.7 Å². The van der Waals surface area contributed by atoms with Gasteiger partial charge in [-0.25, -0.2) is 0 Å². The molecule has 0 unspecified atom stereocenters. The molecule has 2 N–H and O–H groups in total. The van der Waals surface area contributed by atoms with E-state index in [1.807, 2.05) is 43.5 Å². The van der Waals surface area contributed by atoms with Gasteiger partial charge in [0, 0.05) is 12.1 Å². The molecule has 1 heterocycles. The molecule has 2 rings (SSSR count). The molecule has 1 amide bonds. The minimum Gasteiger partial charge on any atom is -0.342 e. The number of carbonyl (C=O) groups excluding carboxylic acids is 1. The molecule has 23 heavy (non-hydrogen) atoms. The second kappa shape index (κ2) is 7.37. The van der Waals surface area contributed by atoms with Crippen molar-refractivity contribution < 1.29 is 4.79 Å². The zero-order valence-corrected chi connectivity index (χ0v) is 14.5. The summed E-state index contributed by atoms with van der Waals surface area (Å²) in [6, 6.07) is 7.28. The Morgan fingerprint density at radius 1 is 1.52 bits per heavy atom. The number of amides is 1. The highest BCUT2D eigenvalue weighted by molar-refractivity contribution is 7.71. The predicted octanol–water partition coefficient (Wildman–Crippen LogP) is 3.56. The average molecular weight is 330 g/mol. The summed E-state index contributed by atoms with van der Waals surface area (Å²) in [7, 11) is 0. The second-order valence-electron chi connectivity index (χ2n) is 5.85. The first-order valence-electron chi connectivity index (χ1n) is 7.57. The highest BCUT2D eigenvalue weighted by Crippen LogP contribution is 2.21. The summed E-state index contributed by atoms with van der Waals surface area (Å²) in [6.07, 6.45) is 1.76. The van der Waals surface area contributed by atoms with Crippen LogP contribution < -0.4 is 5.32 Å². The van der Waals surface area contributed by atoms with Crippen molar-refractivity contribution >= 4 is 18.1 Å². The maximum Gasteiger partial charge on any atom is 0.251 e. The third kappa shape index (κ3) is 3.96. The third-order valence-electron chi connectivity index (χ3n) is 3.61. The summed E-state index contributed by atoms with van der Waals surface area (Å²) in [5.41, 5.74) is 1.69. The van der Waals surface area contributed by atoms with Crippen molar-refractivity contribution in [3.63, 3.8) is 0 Å². The number of allylic oxidation sites excluding steroid dienone is 1. The molecule has 1 aromatic carbocycles. The van der Waals surface area contributed by atoms with Gasteiger partial charge >= 0.3 is 0 Å². The number of nitrogens with zero attached hydrogens (tertiary/aromatic N) is 2. The molecule has 5 nitrogen and oxygen atoms in total. The molecule has 0 fully saturated rings. The molecule has 0 bridgehead atoms. The number of nitrogens with one attached hydrogen (secondary N) is 2. The summed E-state index contributed by atoms with van der Waals surface area (Å²) >= 11 is 5.25. The van der Waals surface area contributed by atoms with Crippen molar-refractivity contribution in [1.82, 2.24) is 20.1 Å². The molecule has 1 atom stereocenters.